The smallest absolute Gasteiger partial charge is 0.300 e. The summed E-state index contributed by atoms with van der Waals surface area (Å²) in [6.45, 7) is 0.0873. The summed E-state index contributed by atoms with van der Waals surface area (Å²) in [5.74, 6) is -0.665. The van der Waals surface area contributed by atoms with Crippen LogP contribution in [0.2, 0.25) is 0 Å². The molecule has 2 aliphatic rings. The summed E-state index contributed by atoms with van der Waals surface area (Å²) in [6, 6.07) is 19.4. The highest BCUT2D eigenvalue weighted by atomic mass is 16.7. The maximum atomic E-state index is 13.6. The highest BCUT2D eigenvalue weighted by Crippen LogP contribution is 2.46. The molecule has 36 heavy (non-hydrogen) atoms. The third kappa shape index (κ3) is 2.81. The quantitative estimate of drug-likeness (QED) is 0.192. The number of rotatable bonds is 3. The van der Waals surface area contributed by atoms with Gasteiger partial charge in [0.2, 0.25) is 6.79 Å². The summed E-state index contributed by atoms with van der Waals surface area (Å²) < 4.78 is 10.9. The molecule has 4 heterocycles. The summed E-state index contributed by atoms with van der Waals surface area (Å²) in [5.41, 5.74) is 3.31. The predicted molar refractivity (Wildman–Crippen MR) is 134 cm³/mol. The number of aliphatic hydroxyl groups excluding tert-OH is 1. The monoisotopic (exact) mass is 477 g/mol. The molecule has 1 fully saturated rings. The van der Waals surface area contributed by atoms with Crippen LogP contribution in [-0.4, -0.2) is 33.6 Å². The first kappa shape index (κ1) is 20.4. The number of nitrogens with one attached hydrogen (secondary N) is 2. The molecule has 5 aromatic rings. The molecule has 2 aromatic heterocycles. The predicted octanol–water partition coefficient (Wildman–Crippen LogP) is 5.00. The average molecular weight is 477 g/mol. The van der Waals surface area contributed by atoms with Crippen molar-refractivity contribution in [1.82, 2.24) is 9.97 Å². The third-order valence-corrected chi connectivity index (χ3v) is 6.84. The van der Waals surface area contributed by atoms with Crippen LogP contribution in [0.25, 0.3) is 27.6 Å². The number of ether oxygens (including phenoxy) is 2. The minimum Gasteiger partial charge on any atom is -0.507 e. The molecule has 0 spiro atoms. The Labute approximate surface area is 204 Å². The molecule has 0 radical (unpaired) electrons. The van der Waals surface area contributed by atoms with E-state index in [4.69, 9.17) is 9.47 Å². The normalized spacial score (nSPS) is 18.6. The van der Waals surface area contributed by atoms with Crippen molar-refractivity contribution in [1.29, 1.82) is 0 Å². The highest BCUT2D eigenvalue weighted by Gasteiger charge is 2.48. The maximum absolute atomic E-state index is 13.6. The number of hydrogen-bond donors (Lipinski definition) is 3. The molecule has 0 aliphatic carbocycles. The average Bonchev–Trinajstić information content (AvgIpc) is 3.68. The number of nitrogens with zero attached hydrogens (tertiary/aromatic N) is 1. The van der Waals surface area contributed by atoms with Crippen LogP contribution in [0, 0.1) is 0 Å². The molecule has 1 unspecified atom stereocenters. The molecule has 7 rings (SSSR count). The molecule has 2 aliphatic heterocycles. The van der Waals surface area contributed by atoms with E-state index in [2.05, 4.69) is 9.97 Å². The van der Waals surface area contributed by atoms with Crippen molar-refractivity contribution in [2.45, 2.75) is 6.04 Å². The lowest BCUT2D eigenvalue weighted by Gasteiger charge is -2.25. The number of aromatic amines is 2. The van der Waals surface area contributed by atoms with E-state index in [-0.39, 0.29) is 18.1 Å². The number of benzene rings is 3. The molecule has 1 amide bonds. The molecule has 3 N–H and O–H groups in total. The van der Waals surface area contributed by atoms with E-state index < -0.39 is 17.7 Å². The molecule has 0 saturated carbocycles. The van der Waals surface area contributed by atoms with Gasteiger partial charge in [0, 0.05) is 57.1 Å². The van der Waals surface area contributed by atoms with Crippen molar-refractivity contribution in [3.8, 4) is 11.5 Å². The molecule has 1 saturated heterocycles. The standard InChI is InChI=1S/C28H19N3O5/c32-26(19-13-30-21-8-4-2-6-17(19)21)24-25(18-12-29-20-7-3-1-5-16(18)20)31(28(34)27(24)33)15-9-10-22-23(11-15)36-14-35-22/h1-13,25,29-30,32H,14H2/b26-24+. The number of aromatic nitrogens is 2. The Morgan fingerprint density at radius 2 is 1.56 bits per heavy atom. The summed E-state index contributed by atoms with van der Waals surface area (Å²) >= 11 is 0. The summed E-state index contributed by atoms with van der Waals surface area (Å²) in [5, 5.41) is 13.2. The van der Waals surface area contributed by atoms with E-state index in [0.717, 1.165) is 21.8 Å². The van der Waals surface area contributed by atoms with E-state index in [1.165, 1.54) is 4.90 Å². The Balaban J connectivity index is 1.49. The van der Waals surface area contributed by atoms with Gasteiger partial charge in [-0.15, -0.1) is 0 Å². The van der Waals surface area contributed by atoms with Gasteiger partial charge < -0.3 is 24.5 Å². The van der Waals surface area contributed by atoms with Crippen molar-refractivity contribution in [2.75, 3.05) is 11.7 Å². The van der Waals surface area contributed by atoms with Crippen molar-refractivity contribution < 1.29 is 24.2 Å². The number of fused-ring (bicyclic) bond motifs is 3. The molecule has 1 atom stereocenters. The third-order valence-electron chi connectivity index (χ3n) is 6.84. The lowest BCUT2D eigenvalue weighted by Crippen LogP contribution is -2.29. The molecular formula is C28H19N3O5. The SMILES string of the molecule is O=C1C(=O)N(c2ccc3c(c2)OCO3)C(c2c[nH]c3ccccc23)/C1=C(\O)c1c[nH]c2ccccc12. The fourth-order valence-electron chi connectivity index (χ4n) is 5.16. The molecule has 8 nitrogen and oxygen atoms in total. The Morgan fingerprint density at radius 1 is 0.861 bits per heavy atom. The zero-order chi connectivity index (χ0) is 24.4. The van der Waals surface area contributed by atoms with E-state index >= 15 is 0 Å². The minimum atomic E-state index is -0.866. The Morgan fingerprint density at radius 3 is 2.39 bits per heavy atom. The number of H-pyrrole nitrogens is 2. The fraction of sp³-hybridized carbons (Fsp3) is 0.0714. The van der Waals surface area contributed by atoms with Crippen LogP contribution in [0.1, 0.15) is 17.2 Å². The van der Waals surface area contributed by atoms with Gasteiger partial charge in [0.05, 0.1) is 11.6 Å². The van der Waals surface area contributed by atoms with Gasteiger partial charge in [0.1, 0.15) is 5.76 Å². The van der Waals surface area contributed by atoms with Crippen LogP contribution in [-0.2, 0) is 9.59 Å². The van der Waals surface area contributed by atoms with E-state index in [0.29, 0.717) is 28.3 Å². The molecule has 0 bridgehead atoms. The first-order valence-electron chi connectivity index (χ1n) is 11.4. The van der Waals surface area contributed by atoms with Gasteiger partial charge in [-0.05, 0) is 24.3 Å². The number of aliphatic hydroxyl groups is 1. The van der Waals surface area contributed by atoms with Gasteiger partial charge in [-0.1, -0.05) is 36.4 Å². The number of ketones is 1. The van der Waals surface area contributed by atoms with E-state index in [9.17, 15) is 14.7 Å². The zero-order valence-corrected chi connectivity index (χ0v) is 18.8. The molecule has 8 heteroatoms. The molecular weight excluding hydrogens is 458 g/mol. The maximum Gasteiger partial charge on any atom is 0.300 e. The van der Waals surface area contributed by atoms with Crippen molar-refractivity contribution in [2.24, 2.45) is 0 Å². The molecule has 176 valence electrons. The van der Waals surface area contributed by atoms with Crippen molar-refractivity contribution >= 4 is 44.9 Å². The Hall–Kier alpha value is -4.98. The number of carbonyl (C=O) groups is 2. The summed E-state index contributed by atoms with van der Waals surface area (Å²) in [6.07, 6.45) is 3.43. The van der Waals surface area contributed by atoms with Crippen LogP contribution in [0.4, 0.5) is 5.69 Å². The Bertz CT molecular complexity index is 1740. The lowest BCUT2D eigenvalue weighted by molar-refractivity contribution is -0.132. The summed E-state index contributed by atoms with van der Waals surface area (Å²) in [7, 11) is 0. The van der Waals surface area contributed by atoms with E-state index in [1.807, 2.05) is 48.5 Å². The van der Waals surface area contributed by atoms with E-state index in [1.54, 1.807) is 30.6 Å². The number of amides is 1. The van der Waals surface area contributed by atoms with Gasteiger partial charge in [0.25, 0.3) is 11.7 Å². The second-order valence-electron chi connectivity index (χ2n) is 8.74. The topological polar surface area (TPSA) is 108 Å². The number of anilines is 1. The van der Waals surface area contributed by atoms with Crippen LogP contribution in [0.5, 0.6) is 11.5 Å². The van der Waals surface area contributed by atoms with Gasteiger partial charge in [-0.3, -0.25) is 14.5 Å². The largest absolute Gasteiger partial charge is 0.507 e. The summed E-state index contributed by atoms with van der Waals surface area (Å²) in [4.78, 5) is 34.9. The number of Topliss-reactive ketones (excluding diaryl/α,β-unsaturated/α-hetero) is 1. The van der Waals surface area contributed by atoms with Gasteiger partial charge in [-0.25, -0.2) is 0 Å². The number of para-hydroxylation sites is 2. The van der Waals surface area contributed by atoms with Crippen molar-refractivity contribution in [3.63, 3.8) is 0 Å². The Kier molecular flexibility index (Phi) is 4.26. The van der Waals surface area contributed by atoms with Gasteiger partial charge in [-0.2, -0.15) is 0 Å². The second kappa shape index (κ2) is 7.51. The fourth-order valence-corrected chi connectivity index (χ4v) is 5.16. The molecule has 3 aromatic carbocycles. The van der Waals surface area contributed by atoms with Crippen molar-refractivity contribution in [3.05, 3.63) is 95.8 Å². The first-order chi connectivity index (χ1) is 17.6. The number of carbonyl (C=O) groups excluding carboxylic acids is 2. The van der Waals surface area contributed by atoms with Crippen LogP contribution >= 0.6 is 0 Å². The first-order valence-corrected chi connectivity index (χ1v) is 11.4. The van der Waals surface area contributed by atoms with Crippen LogP contribution in [0.3, 0.4) is 0 Å². The number of hydrogen-bond acceptors (Lipinski definition) is 5. The van der Waals surface area contributed by atoms with Gasteiger partial charge >= 0.3 is 0 Å². The highest BCUT2D eigenvalue weighted by molar-refractivity contribution is 6.52. The second-order valence-corrected chi connectivity index (χ2v) is 8.74. The lowest BCUT2D eigenvalue weighted by atomic mass is 9.94. The van der Waals surface area contributed by atoms with Crippen LogP contribution in [0.15, 0.2) is 84.7 Å². The minimum absolute atomic E-state index is 0.0205. The van der Waals surface area contributed by atoms with Gasteiger partial charge in [0.15, 0.2) is 11.5 Å². The zero-order valence-electron chi connectivity index (χ0n) is 18.8. The van der Waals surface area contributed by atoms with Crippen LogP contribution < -0.4 is 14.4 Å².